The lowest BCUT2D eigenvalue weighted by atomic mass is 10.1. The van der Waals surface area contributed by atoms with Crippen molar-refractivity contribution in [1.82, 2.24) is 34.3 Å². The molecular formula is C22H24N8O2. The van der Waals surface area contributed by atoms with Gasteiger partial charge in [-0.15, -0.1) is 0 Å². The van der Waals surface area contributed by atoms with Crippen LogP contribution in [0.5, 0.6) is 0 Å². The van der Waals surface area contributed by atoms with Crippen LogP contribution in [0, 0.1) is 0 Å². The number of carbonyl (C=O) groups is 1. The van der Waals surface area contributed by atoms with Gasteiger partial charge in [0.2, 0.25) is 5.91 Å². The molecule has 0 saturated carbocycles. The summed E-state index contributed by atoms with van der Waals surface area (Å²) in [6, 6.07) is 11.8. The number of hydrogen-bond donors (Lipinski definition) is 1. The molecule has 1 amide bonds. The Morgan fingerprint density at radius 2 is 1.94 bits per heavy atom. The van der Waals surface area contributed by atoms with E-state index in [0.717, 1.165) is 16.9 Å². The summed E-state index contributed by atoms with van der Waals surface area (Å²) < 4.78 is 8.98. The molecule has 4 aromatic rings. The van der Waals surface area contributed by atoms with Crippen LogP contribution in [0.15, 0.2) is 55.1 Å². The highest BCUT2D eigenvalue weighted by molar-refractivity contribution is 5.76. The quantitative estimate of drug-likeness (QED) is 0.516. The maximum Gasteiger partial charge on any atom is 0.254 e. The van der Waals surface area contributed by atoms with E-state index in [4.69, 9.17) is 4.74 Å². The fraction of sp³-hybridized carbons (Fsp3) is 0.318. The lowest BCUT2D eigenvalue weighted by Crippen LogP contribution is -2.49. The molecule has 1 aliphatic rings. The Morgan fingerprint density at radius 3 is 2.72 bits per heavy atom. The van der Waals surface area contributed by atoms with E-state index in [1.165, 1.54) is 6.33 Å². The number of benzene rings is 1. The van der Waals surface area contributed by atoms with Crippen molar-refractivity contribution in [2.75, 3.05) is 18.4 Å². The minimum absolute atomic E-state index is 0.0237. The topological polar surface area (TPSA) is 102 Å². The van der Waals surface area contributed by atoms with Crippen LogP contribution >= 0.6 is 0 Å². The number of anilines is 2. The van der Waals surface area contributed by atoms with Gasteiger partial charge in [-0.25, -0.2) is 4.98 Å². The predicted molar refractivity (Wildman–Crippen MR) is 118 cm³/mol. The molecule has 2 atom stereocenters. The van der Waals surface area contributed by atoms with Crippen molar-refractivity contribution < 1.29 is 9.53 Å². The van der Waals surface area contributed by atoms with E-state index in [1.807, 2.05) is 55.1 Å². The van der Waals surface area contributed by atoms with E-state index in [1.54, 1.807) is 21.6 Å². The molecule has 0 bridgehead atoms. The van der Waals surface area contributed by atoms with Gasteiger partial charge in [-0.2, -0.15) is 19.7 Å². The average Bonchev–Trinajstić information content (AvgIpc) is 3.43. The van der Waals surface area contributed by atoms with Crippen LogP contribution < -0.4 is 5.32 Å². The average molecular weight is 432 g/mol. The van der Waals surface area contributed by atoms with Gasteiger partial charge in [0.05, 0.1) is 29.8 Å². The van der Waals surface area contributed by atoms with E-state index < -0.39 is 0 Å². The zero-order valence-electron chi connectivity index (χ0n) is 17.9. The molecule has 5 rings (SSSR count). The standard InChI is InChI=1S/C22H24N8O2/c1-15-10-28(11-16(2)32-15)21(31)13-29-12-18(9-24-29)26-20-8-19(17-6-4-3-5-7-17)27-22-23-14-25-30(20)22/h3-9,12,14-16,26H,10-11,13H2,1-2H3. The van der Waals surface area contributed by atoms with Gasteiger partial charge in [0.15, 0.2) is 0 Å². The minimum atomic E-state index is 0.0237. The summed E-state index contributed by atoms with van der Waals surface area (Å²) in [5.74, 6) is 1.22. The van der Waals surface area contributed by atoms with Crippen LogP contribution in [0.25, 0.3) is 17.0 Å². The Balaban J connectivity index is 1.34. The Bertz CT molecular complexity index is 1230. The molecule has 32 heavy (non-hydrogen) atoms. The summed E-state index contributed by atoms with van der Waals surface area (Å²) in [4.78, 5) is 23.4. The highest BCUT2D eigenvalue weighted by Crippen LogP contribution is 2.23. The molecule has 10 nitrogen and oxygen atoms in total. The molecule has 0 aliphatic carbocycles. The zero-order valence-corrected chi connectivity index (χ0v) is 17.9. The largest absolute Gasteiger partial charge is 0.372 e. The van der Waals surface area contributed by atoms with Crippen LogP contribution in [0.2, 0.25) is 0 Å². The first-order valence-electron chi connectivity index (χ1n) is 10.5. The first kappa shape index (κ1) is 20.1. The second kappa shape index (κ2) is 8.39. The Hall–Kier alpha value is -3.79. The molecular weight excluding hydrogens is 408 g/mol. The number of ether oxygens (including phenoxy) is 1. The molecule has 164 valence electrons. The van der Waals surface area contributed by atoms with Crippen LogP contribution in [-0.4, -0.2) is 65.5 Å². The highest BCUT2D eigenvalue weighted by atomic mass is 16.5. The molecule has 2 unspecified atom stereocenters. The van der Waals surface area contributed by atoms with Crippen LogP contribution in [0.4, 0.5) is 11.5 Å². The number of fused-ring (bicyclic) bond motifs is 1. The summed E-state index contributed by atoms with van der Waals surface area (Å²) in [6.45, 7) is 5.33. The summed E-state index contributed by atoms with van der Waals surface area (Å²) in [7, 11) is 0. The number of rotatable bonds is 5. The van der Waals surface area contributed by atoms with E-state index in [0.29, 0.717) is 24.7 Å². The van der Waals surface area contributed by atoms with Crippen LogP contribution in [0.3, 0.4) is 0 Å². The van der Waals surface area contributed by atoms with E-state index in [-0.39, 0.29) is 24.7 Å². The third-order valence-electron chi connectivity index (χ3n) is 5.30. The normalized spacial score (nSPS) is 18.8. The van der Waals surface area contributed by atoms with Crippen molar-refractivity contribution in [3.05, 3.63) is 55.1 Å². The number of hydrogen-bond acceptors (Lipinski definition) is 7. The van der Waals surface area contributed by atoms with Crippen molar-refractivity contribution in [2.24, 2.45) is 0 Å². The van der Waals surface area contributed by atoms with Gasteiger partial charge < -0.3 is 15.0 Å². The number of carbonyl (C=O) groups excluding carboxylic acids is 1. The molecule has 1 fully saturated rings. The van der Waals surface area contributed by atoms with Crippen molar-refractivity contribution in [2.45, 2.75) is 32.6 Å². The summed E-state index contributed by atoms with van der Waals surface area (Å²) in [5.41, 5.74) is 2.51. The zero-order chi connectivity index (χ0) is 22.1. The Labute approximate surface area is 184 Å². The molecule has 3 aromatic heterocycles. The third kappa shape index (κ3) is 4.17. The summed E-state index contributed by atoms with van der Waals surface area (Å²) in [6.07, 6.45) is 5.02. The van der Waals surface area contributed by atoms with Crippen LogP contribution in [0.1, 0.15) is 13.8 Å². The molecule has 1 saturated heterocycles. The fourth-order valence-corrected chi connectivity index (χ4v) is 3.94. The monoisotopic (exact) mass is 432 g/mol. The maximum atomic E-state index is 12.7. The lowest BCUT2D eigenvalue weighted by molar-refractivity contribution is -0.144. The van der Waals surface area contributed by atoms with Gasteiger partial charge >= 0.3 is 0 Å². The van der Waals surface area contributed by atoms with Gasteiger partial charge in [0.25, 0.3) is 5.78 Å². The molecule has 0 spiro atoms. The second-order valence-electron chi connectivity index (χ2n) is 7.97. The number of morpholine rings is 1. The van der Waals surface area contributed by atoms with Gasteiger partial charge in [-0.3, -0.25) is 9.48 Å². The molecule has 0 radical (unpaired) electrons. The van der Waals surface area contributed by atoms with Gasteiger partial charge in [0.1, 0.15) is 18.7 Å². The predicted octanol–water partition coefficient (Wildman–Crippen LogP) is 2.37. The van der Waals surface area contributed by atoms with Gasteiger partial charge in [-0.1, -0.05) is 30.3 Å². The number of aromatic nitrogens is 6. The van der Waals surface area contributed by atoms with Crippen molar-refractivity contribution in [3.63, 3.8) is 0 Å². The van der Waals surface area contributed by atoms with Gasteiger partial charge in [0, 0.05) is 30.9 Å². The van der Waals surface area contributed by atoms with E-state index >= 15 is 0 Å². The van der Waals surface area contributed by atoms with Gasteiger partial charge in [-0.05, 0) is 13.8 Å². The second-order valence-corrected chi connectivity index (χ2v) is 7.97. The smallest absolute Gasteiger partial charge is 0.254 e. The van der Waals surface area contributed by atoms with Crippen molar-refractivity contribution in [3.8, 4) is 11.3 Å². The van der Waals surface area contributed by atoms with Crippen LogP contribution in [-0.2, 0) is 16.1 Å². The Morgan fingerprint density at radius 1 is 1.16 bits per heavy atom. The first-order chi connectivity index (χ1) is 15.5. The third-order valence-corrected chi connectivity index (χ3v) is 5.30. The molecule has 4 heterocycles. The first-order valence-corrected chi connectivity index (χ1v) is 10.5. The SMILES string of the molecule is CC1CN(C(=O)Cn2cc(Nc3cc(-c4ccccc4)nc4ncnn34)cn2)CC(C)O1. The number of nitrogens with one attached hydrogen (secondary N) is 1. The lowest BCUT2D eigenvalue weighted by Gasteiger charge is -2.35. The molecule has 1 aliphatic heterocycles. The van der Waals surface area contributed by atoms with E-state index in [9.17, 15) is 4.79 Å². The maximum absolute atomic E-state index is 12.7. The number of nitrogens with zero attached hydrogens (tertiary/aromatic N) is 7. The van der Waals surface area contributed by atoms with Crippen molar-refractivity contribution >= 4 is 23.2 Å². The molecule has 1 N–H and O–H groups in total. The molecule has 10 heteroatoms. The minimum Gasteiger partial charge on any atom is -0.372 e. The molecule has 1 aromatic carbocycles. The summed E-state index contributed by atoms with van der Waals surface area (Å²) >= 11 is 0. The fourth-order valence-electron chi connectivity index (χ4n) is 3.94. The number of amides is 1. The Kier molecular flexibility index (Phi) is 5.28. The summed E-state index contributed by atoms with van der Waals surface area (Å²) in [5, 5.41) is 11.9. The van der Waals surface area contributed by atoms with Crippen molar-refractivity contribution in [1.29, 1.82) is 0 Å². The van der Waals surface area contributed by atoms with E-state index in [2.05, 4.69) is 25.5 Å². The highest BCUT2D eigenvalue weighted by Gasteiger charge is 2.26.